The zero-order valence-corrected chi connectivity index (χ0v) is 12.4. The van der Waals surface area contributed by atoms with Crippen molar-refractivity contribution in [1.82, 2.24) is 0 Å². The van der Waals surface area contributed by atoms with Gasteiger partial charge in [-0.3, -0.25) is 4.79 Å². The van der Waals surface area contributed by atoms with Crippen molar-refractivity contribution in [1.29, 1.82) is 0 Å². The maximum absolute atomic E-state index is 12.1. The molecule has 0 saturated carbocycles. The van der Waals surface area contributed by atoms with Crippen LogP contribution < -0.4 is 0 Å². The Bertz CT molecular complexity index is 612. The van der Waals surface area contributed by atoms with E-state index in [0.717, 1.165) is 25.0 Å². The molecule has 0 amide bonds. The summed E-state index contributed by atoms with van der Waals surface area (Å²) in [6.45, 7) is 0.899. The number of ether oxygens (including phenoxy) is 1. The Balaban J connectivity index is 1.50. The third-order valence-corrected chi connectivity index (χ3v) is 4.22. The van der Waals surface area contributed by atoms with Gasteiger partial charge in [-0.05, 0) is 42.0 Å². The van der Waals surface area contributed by atoms with Crippen LogP contribution in [0.5, 0.6) is 0 Å². The van der Waals surface area contributed by atoms with Crippen LogP contribution in [0.15, 0.2) is 42.5 Å². The lowest BCUT2D eigenvalue weighted by Gasteiger charge is -2.08. The van der Waals surface area contributed by atoms with Crippen LogP contribution in [0.2, 0.25) is 0 Å². The van der Waals surface area contributed by atoms with Crippen molar-refractivity contribution in [2.45, 2.75) is 44.6 Å². The van der Waals surface area contributed by atoms with E-state index in [2.05, 4.69) is 30.3 Å². The molecule has 2 aromatic rings. The largest absolute Gasteiger partial charge is 0.378 e. The summed E-state index contributed by atoms with van der Waals surface area (Å²) in [6, 6.07) is 14.6. The van der Waals surface area contributed by atoms with Crippen LogP contribution in [0.25, 0.3) is 10.8 Å². The smallest absolute Gasteiger partial charge is 0.137 e. The number of hydrogen-bond donors (Lipinski definition) is 0. The predicted molar refractivity (Wildman–Crippen MR) is 85.5 cm³/mol. The Kier molecular flexibility index (Phi) is 4.66. The fourth-order valence-electron chi connectivity index (χ4n) is 3.06. The number of carbonyl (C=O) groups is 1. The third-order valence-electron chi connectivity index (χ3n) is 4.22. The van der Waals surface area contributed by atoms with Gasteiger partial charge in [-0.25, -0.2) is 0 Å². The van der Waals surface area contributed by atoms with E-state index in [4.69, 9.17) is 4.74 Å². The minimum Gasteiger partial charge on any atom is -0.378 e. The summed E-state index contributed by atoms with van der Waals surface area (Å²) in [5.41, 5.74) is 1.12. The van der Waals surface area contributed by atoms with Gasteiger partial charge in [0.1, 0.15) is 5.78 Å². The van der Waals surface area contributed by atoms with Crippen molar-refractivity contribution in [3.63, 3.8) is 0 Å². The zero-order valence-electron chi connectivity index (χ0n) is 12.4. The highest BCUT2D eigenvalue weighted by Gasteiger charge is 2.15. The van der Waals surface area contributed by atoms with Gasteiger partial charge < -0.3 is 4.74 Å². The maximum Gasteiger partial charge on any atom is 0.137 e. The fraction of sp³-hybridized carbons (Fsp3) is 0.421. The van der Waals surface area contributed by atoms with Gasteiger partial charge in [-0.15, -0.1) is 0 Å². The molecule has 0 spiro atoms. The van der Waals surface area contributed by atoms with Crippen LogP contribution in [0.1, 0.15) is 37.7 Å². The van der Waals surface area contributed by atoms with Gasteiger partial charge in [0.15, 0.2) is 0 Å². The molecular formula is C19H22O2. The van der Waals surface area contributed by atoms with E-state index in [0.29, 0.717) is 24.7 Å². The lowest BCUT2D eigenvalue weighted by atomic mass is 10.0. The van der Waals surface area contributed by atoms with Crippen molar-refractivity contribution in [3.05, 3.63) is 48.0 Å². The first kappa shape index (κ1) is 14.3. The standard InChI is InChI=1S/C19H22O2/c20-18(7-3-8-19-9-4-12-21-19)14-15-10-11-16-5-1-2-6-17(16)13-15/h1-2,5-6,10-11,13,19H,3-4,7-9,12,14H2. The summed E-state index contributed by atoms with van der Waals surface area (Å²) in [6.07, 6.45) is 5.96. The van der Waals surface area contributed by atoms with Gasteiger partial charge in [0.05, 0.1) is 6.10 Å². The molecule has 0 radical (unpaired) electrons. The van der Waals surface area contributed by atoms with Crippen molar-refractivity contribution in [2.75, 3.05) is 6.61 Å². The molecule has 1 unspecified atom stereocenters. The maximum atomic E-state index is 12.1. The third kappa shape index (κ3) is 3.92. The monoisotopic (exact) mass is 282 g/mol. The minimum atomic E-state index is 0.336. The van der Waals surface area contributed by atoms with Crippen LogP contribution in [0.4, 0.5) is 0 Å². The van der Waals surface area contributed by atoms with E-state index >= 15 is 0 Å². The Morgan fingerprint density at radius 3 is 2.81 bits per heavy atom. The normalized spacial score (nSPS) is 18.2. The molecule has 0 aliphatic carbocycles. The number of carbonyl (C=O) groups excluding carboxylic acids is 1. The molecule has 21 heavy (non-hydrogen) atoms. The number of benzene rings is 2. The minimum absolute atomic E-state index is 0.336. The van der Waals surface area contributed by atoms with Gasteiger partial charge in [-0.2, -0.15) is 0 Å². The Morgan fingerprint density at radius 1 is 1.14 bits per heavy atom. The molecular weight excluding hydrogens is 260 g/mol. The summed E-state index contributed by atoms with van der Waals surface area (Å²) >= 11 is 0. The highest BCUT2D eigenvalue weighted by atomic mass is 16.5. The summed E-state index contributed by atoms with van der Waals surface area (Å²) in [4.78, 5) is 12.1. The van der Waals surface area contributed by atoms with Crippen LogP contribution in [-0.4, -0.2) is 18.5 Å². The molecule has 0 bridgehead atoms. The Labute approximate surface area is 126 Å². The lowest BCUT2D eigenvalue weighted by Crippen LogP contribution is -2.07. The predicted octanol–water partition coefficient (Wildman–Crippen LogP) is 4.30. The molecule has 2 aromatic carbocycles. The van der Waals surface area contributed by atoms with E-state index in [1.165, 1.54) is 23.6 Å². The molecule has 1 atom stereocenters. The molecule has 1 saturated heterocycles. The van der Waals surface area contributed by atoms with Crippen LogP contribution in [-0.2, 0) is 16.0 Å². The molecule has 3 rings (SSSR count). The summed E-state index contributed by atoms with van der Waals surface area (Å²) in [7, 11) is 0. The van der Waals surface area contributed by atoms with Crippen molar-refractivity contribution < 1.29 is 9.53 Å². The molecule has 1 aliphatic heterocycles. The van der Waals surface area contributed by atoms with Crippen molar-refractivity contribution >= 4 is 16.6 Å². The van der Waals surface area contributed by atoms with E-state index < -0.39 is 0 Å². The fourth-order valence-corrected chi connectivity index (χ4v) is 3.06. The second kappa shape index (κ2) is 6.86. The summed E-state index contributed by atoms with van der Waals surface area (Å²) in [5, 5.41) is 2.44. The number of ketones is 1. The number of Topliss-reactive ketones (excluding diaryl/α,β-unsaturated/α-hetero) is 1. The first-order chi connectivity index (χ1) is 10.3. The molecule has 0 aromatic heterocycles. The van der Waals surface area contributed by atoms with Gasteiger partial charge in [0.25, 0.3) is 0 Å². The first-order valence-electron chi connectivity index (χ1n) is 7.92. The topological polar surface area (TPSA) is 26.3 Å². The molecule has 0 N–H and O–H groups in total. The van der Waals surface area contributed by atoms with Gasteiger partial charge in [0, 0.05) is 19.4 Å². The SMILES string of the molecule is O=C(CCCC1CCCO1)Cc1ccc2ccccc2c1. The second-order valence-electron chi connectivity index (χ2n) is 5.92. The quantitative estimate of drug-likeness (QED) is 0.789. The van der Waals surface area contributed by atoms with Crippen molar-refractivity contribution in [2.24, 2.45) is 0 Å². The molecule has 1 heterocycles. The highest BCUT2D eigenvalue weighted by molar-refractivity contribution is 5.86. The zero-order chi connectivity index (χ0) is 14.5. The summed E-state index contributed by atoms with van der Waals surface area (Å²) in [5.74, 6) is 0.336. The average Bonchev–Trinajstić information content (AvgIpc) is 3.00. The van der Waals surface area contributed by atoms with Crippen LogP contribution in [0, 0.1) is 0 Å². The van der Waals surface area contributed by atoms with E-state index in [9.17, 15) is 4.79 Å². The van der Waals surface area contributed by atoms with Gasteiger partial charge in [0.2, 0.25) is 0 Å². The summed E-state index contributed by atoms with van der Waals surface area (Å²) < 4.78 is 5.59. The lowest BCUT2D eigenvalue weighted by molar-refractivity contribution is -0.118. The van der Waals surface area contributed by atoms with Gasteiger partial charge >= 0.3 is 0 Å². The molecule has 1 fully saturated rings. The average molecular weight is 282 g/mol. The highest BCUT2D eigenvalue weighted by Crippen LogP contribution is 2.19. The molecule has 2 heteroatoms. The number of fused-ring (bicyclic) bond motifs is 1. The molecule has 1 aliphatic rings. The molecule has 2 nitrogen and oxygen atoms in total. The van der Waals surface area contributed by atoms with E-state index in [1.54, 1.807) is 0 Å². The van der Waals surface area contributed by atoms with E-state index in [-0.39, 0.29) is 0 Å². The number of hydrogen-bond acceptors (Lipinski definition) is 2. The Hall–Kier alpha value is -1.67. The van der Waals surface area contributed by atoms with Crippen LogP contribution >= 0.6 is 0 Å². The Morgan fingerprint density at radius 2 is 2.00 bits per heavy atom. The first-order valence-corrected chi connectivity index (χ1v) is 7.92. The molecule has 110 valence electrons. The van der Waals surface area contributed by atoms with Crippen LogP contribution in [0.3, 0.4) is 0 Å². The number of rotatable bonds is 6. The van der Waals surface area contributed by atoms with E-state index in [1.807, 2.05) is 12.1 Å². The van der Waals surface area contributed by atoms with Crippen molar-refractivity contribution in [3.8, 4) is 0 Å². The van der Waals surface area contributed by atoms with Gasteiger partial charge in [-0.1, -0.05) is 42.5 Å². The second-order valence-corrected chi connectivity index (χ2v) is 5.92.